The molecule has 0 atom stereocenters. The van der Waals surface area contributed by atoms with Gasteiger partial charge in [0, 0.05) is 0 Å². The number of hydrogen-bond donors (Lipinski definition) is 1. The van der Waals surface area contributed by atoms with E-state index in [1.54, 1.807) is 6.21 Å². The molecule has 1 N–H and O–H groups in total. The van der Waals surface area contributed by atoms with E-state index in [1.165, 1.54) is 0 Å². The third-order valence-corrected chi connectivity index (χ3v) is 6.17. The van der Waals surface area contributed by atoms with Crippen LogP contribution in [0.2, 0.25) is 0 Å². The van der Waals surface area contributed by atoms with E-state index >= 15 is 0 Å². The Balaban J connectivity index is 1.75. The number of nitrogens with zero attached hydrogens (tertiary/aromatic N) is 2. The van der Waals surface area contributed by atoms with Crippen LogP contribution < -0.4 is 11.8 Å². The summed E-state index contributed by atoms with van der Waals surface area (Å²) in [6.45, 7) is 2.50. The van der Waals surface area contributed by atoms with Crippen molar-refractivity contribution in [1.29, 1.82) is 0 Å². The first-order chi connectivity index (χ1) is 15.2. The van der Waals surface area contributed by atoms with Gasteiger partial charge in [0.1, 0.15) is 0 Å². The molecule has 0 aromatic heterocycles. The molecule has 1 aliphatic heterocycles. The molecule has 0 saturated heterocycles. The minimum absolute atomic E-state index is 0.0933. The average Bonchev–Trinajstić information content (AvgIpc) is 2.80. The van der Waals surface area contributed by atoms with Gasteiger partial charge in [-0.2, -0.15) is 0 Å². The Kier molecular flexibility index (Phi) is 7.09. The summed E-state index contributed by atoms with van der Waals surface area (Å²) in [5.41, 5.74) is 4.18. The van der Waals surface area contributed by atoms with Crippen LogP contribution in [-0.2, 0) is 0 Å². The number of benzene rings is 3. The number of para-hydroxylation sites is 3. The van der Waals surface area contributed by atoms with Gasteiger partial charge in [-0.05, 0) is 0 Å². The van der Waals surface area contributed by atoms with Crippen LogP contribution in [0.25, 0.3) is 0 Å². The van der Waals surface area contributed by atoms with E-state index in [0.717, 1.165) is 34.0 Å². The minimum atomic E-state index is -1.56. The topological polar surface area (TPSA) is 72.6 Å². The van der Waals surface area contributed by atoms with Gasteiger partial charge >= 0.3 is 190 Å². The molecule has 1 aliphatic rings. The molecule has 0 saturated carbocycles. The van der Waals surface area contributed by atoms with Gasteiger partial charge in [-0.15, -0.1) is 0 Å². The van der Waals surface area contributed by atoms with Crippen LogP contribution in [0.1, 0.15) is 24.5 Å². The van der Waals surface area contributed by atoms with Gasteiger partial charge < -0.3 is 0 Å². The van der Waals surface area contributed by atoms with Crippen molar-refractivity contribution < 1.29 is 16.9 Å². The first kappa shape index (κ1) is 21.2. The van der Waals surface area contributed by atoms with Crippen molar-refractivity contribution in [2.24, 2.45) is 9.98 Å². The number of fused-ring (bicyclic) bond motifs is 3. The van der Waals surface area contributed by atoms with Gasteiger partial charge in [-0.3, -0.25) is 0 Å². The molecule has 7 heteroatoms. The fourth-order valence-electron chi connectivity index (χ4n) is 3.11. The monoisotopic (exact) mass is 471 g/mol. The van der Waals surface area contributed by atoms with E-state index in [0.29, 0.717) is 24.5 Å². The van der Waals surface area contributed by atoms with E-state index in [2.05, 4.69) is 4.99 Å². The SMILES string of the molecule is CC1=Nc2ccccc2N=Cc2ccc(OCCCO)cc2[O][Ga][O]c2ccccc21. The van der Waals surface area contributed by atoms with E-state index < -0.39 is 18.1 Å². The molecule has 1 radical (unpaired) electrons. The standard InChI is InChI=1S/C24H24N2O4.Ga/c1-17(20-7-2-5-10-23(20)28)26-22-9-4-3-8-21(22)25-16-18-11-12-19(15-24(18)29)30-14-6-13-27;/h2-5,7-12,15-16,27-29H,6,13-14H2,1H3;/q;+2/p-2. The van der Waals surface area contributed by atoms with Crippen LogP contribution in [0.15, 0.2) is 76.7 Å². The van der Waals surface area contributed by atoms with Crippen LogP contribution in [0.3, 0.4) is 0 Å². The van der Waals surface area contributed by atoms with Gasteiger partial charge in [0.25, 0.3) is 0 Å². The van der Waals surface area contributed by atoms with Crippen LogP contribution in [0, 0.1) is 0 Å². The second-order valence-electron chi connectivity index (χ2n) is 6.90. The summed E-state index contributed by atoms with van der Waals surface area (Å²) in [6, 6.07) is 21.3. The van der Waals surface area contributed by atoms with Crippen LogP contribution in [0.4, 0.5) is 11.4 Å². The van der Waals surface area contributed by atoms with Crippen molar-refractivity contribution >= 4 is 41.4 Å². The number of ether oxygens (including phenoxy) is 1. The fraction of sp³-hybridized carbons (Fsp3) is 0.167. The molecular formula is C24H22GaN2O4. The van der Waals surface area contributed by atoms with Crippen molar-refractivity contribution in [3.63, 3.8) is 0 Å². The van der Waals surface area contributed by atoms with E-state index in [4.69, 9.17) is 21.9 Å². The van der Waals surface area contributed by atoms with Gasteiger partial charge in [0.05, 0.1) is 0 Å². The summed E-state index contributed by atoms with van der Waals surface area (Å²) in [5.74, 6) is 2.11. The normalized spacial score (nSPS) is 12.8. The summed E-state index contributed by atoms with van der Waals surface area (Å²) in [7, 11) is 0. The van der Waals surface area contributed by atoms with Gasteiger partial charge in [0.15, 0.2) is 0 Å². The molecular weight excluding hydrogens is 450 g/mol. The zero-order valence-corrected chi connectivity index (χ0v) is 19.6. The molecule has 3 aromatic carbocycles. The Hall–Kier alpha value is -3.00. The second-order valence-corrected chi connectivity index (χ2v) is 8.29. The summed E-state index contributed by atoms with van der Waals surface area (Å²) in [5, 5.41) is 8.97. The zero-order valence-electron chi connectivity index (χ0n) is 17.2. The maximum atomic E-state index is 8.97. The van der Waals surface area contributed by atoms with E-state index in [9.17, 15) is 0 Å². The van der Waals surface area contributed by atoms with E-state index in [-0.39, 0.29) is 6.61 Å². The summed E-state index contributed by atoms with van der Waals surface area (Å²) >= 11 is -1.56. The summed E-state index contributed by atoms with van der Waals surface area (Å²) in [6.07, 6.45) is 2.35. The average molecular weight is 472 g/mol. The molecule has 0 fully saturated rings. The van der Waals surface area contributed by atoms with Crippen molar-refractivity contribution in [3.05, 3.63) is 77.9 Å². The summed E-state index contributed by atoms with van der Waals surface area (Å²) < 4.78 is 17.9. The van der Waals surface area contributed by atoms with Crippen molar-refractivity contribution in [3.8, 4) is 17.2 Å². The molecule has 4 rings (SSSR count). The molecule has 0 spiro atoms. The number of aliphatic imine (C=N–C) groups is 2. The number of aliphatic hydroxyl groups is 1. The van der Waals surface area contributed by atoms with Crippen molar-refractivity contribution in [2.75, 3.05) is 13.2 Å². The first-order valence-electron chi connectivity index (χ1n) is 10.0. The molecule has 31 heavy (non-hydrogen) atoms. The Bertz CT molecular complexity index is 1110. The van der Waals surface area contributed by atoms with E-state index in [1.807, 2.05) is 73.7 Å². The predicted octanol–water partition coefficient (Wildman–Crippen LogP) is 4.64. The van der Waals surface area contributed by atoms with Gasteiger partial charge in [-0.25, -0.2) is 0 Å². The van der Waals surface area contributed by atoms with Crippen LogP contribution in [-0.4, -0.2) is 48.4 Å². The quantitative estimate of drug-likeness (QED) is 0.444. The van der Waals surface area contributed by atoms with Crippen molar-refractivity contribution in [2.45, 2.75) is 13.3 Å². The van der Waals surface area contributed by atoms with Crippen LogP contribution >= 0.6 is 0 Å². The molecule has 6 nitrogen and oxygen atoms in total. The number of rotatable bonds is 4. The molecule has 0 aliphatic carbocycles. The maximum absolute atomic E-state index is 8.97. The first-order valence-corrected chi connectivity index (χ1v) is 12.0. The Labute approximate surface area is 189 Å². The molecule has 0 unspecified atom stereocenters. The molecule has 0 amide bonds. The molecule has 0 bridgehead atoms. The third-order valence-electron chi connectivity index (χ3n) is 4.70. The number of hydrogen-bond acceptors (Lipinski definition) is 6. The Morgan fingerprint density at radius 2 is 1.71 bits per heavy atom. The second kappa shape index (κ2) is 10.3. The molecule has 155 valence electrons. The van der Waals surface area contributed by atoms with Gasteiger partial charge in [0.2, 0.25) is 0 Å². The molecule has 1 heterocycles. The van der Waals surface area contributed by atoms with Crippen molar-refractivity contribution in [1.82, 2.24) is 0 Å². The molecule has 3 aromatic rings. The zero-order chi connectivity index (χ0) is 21.5. The summed E-state index contributed by atoms with van der Waals surface area (Å²) in [4.78, 5) is 9.50. The fourth-order valence-corrected chi connectivity index (χ4v) is 4.51. The number of aliphatic hydroxyl groups excluding tert-OH is 1. The Morgan fingerprint density at radius 1 is 0.935 bits per heavy atom. The Morgan fingerprint density at radius 3 is 2.58 bits per heavy atom. The predicted molar refractivity (Wildman–Crippen MR) is 123 cm³/mol. The third kappa shape index (κ3) is 5.38. The van der Waals surface area contributed by atoms with Crippen LogP contribution in [0.5, 0.6) is 17.2 Å². The van der Waals surface area contributed by atoms with Gasteiger partial charge in [-0.1, -0.05) is 0 Å².